The van der Waals surface area contributed by atoms with Crippen molar-refractivity contribution < 1.29 is 18.0 Å². The second kappa shape index (κ2) is 9.69. The number of aryl methyl sites for hydroxylation is 1. The second-order valence-electron chi connectivity index (χ2n) is 7.35. The van der Waals surface area contributed by atoms with Crippen LogP contribution in [0.25, 0.3) is 11.1 Å². The highest BCUT2D eigenvalue weighted by atomic mass is 19.4. The van der Waals surface area contributed by atoms with Crippen LogP contribution in [0.1, 0.15) is 18.1 Å². The lowest BCUT2D eigenvalue weighted by atomic mass is 10.1. The Balaban J connectivity index is 1.36. The van der Waals surface area contributed by atoms with Crippen molar-refractivity contribution in [2.45, 2.75) is 26.1 Å². The summed E-state index contributed by atoms with van der Waals surface area (Å²) in [6.45, 7) is 2.76. The van der Waals surface area contributed by atoms with Gasteiger partial charge in [0.1, 0.15) is 5.82 Å². The van der Waals surface area contributed by atoms with Gasteiger partial charge in [-0.25, -0.2) is 15.0 Å². The lowest BCUT2D eigenvalue weighted by molar-refractivity contribution is -0.137. The highest BCUT2D eigenvalue weighted by Crippen LogP contribution is 2.30. The molecule has 4 rings (SSSR count). The number of carbonyl (C=O) groups is 1. The first-order valence-electron chi connectivity index (χ1n) is 10.3. The van der Waals surface area contributed by atoms with E-state index in [1.807, 2.05) is 25.3 Å². The van der Waals surface area contributed by atoms with E-state index in [0.717, 1.165) is 41.7 Å². The summed E-state index contributed by atoms with van der Waals surface area (Å²) in [7, 11) is 0. The maximum Gasteiger partial charge on any atom is 0.416 e. The molecule has 0 unspecified atom stereocenters. The number of alkyl halides is 3. The number of amides is 1. The van der Waals surface area contributed by atoms with Crippen LogP contribution in [0.15, 0.2) is 67.4 Å². The molecule has 1 amide bonds. The number of nitrogens with zero attached hydrogens (tertiary/aromatic N) is 5. The fourth-order valence-electron chi connectivity index (χ4n) is 3.13. The van der Waals surface area contributed by atoms with Gasteiger partial charge in [-0.2, -0.15) is 18.3 Å². The van der Waals surface area contributed by atoms with Crippen molar-refractivity contribution in [2.24, 2.45) is 0 Å². The molecule has 4 aromatic rings. The van der Waals surface area contributed by atoms with Crippen LogP contribution in [-0.4, -0.2) is 30.6 Å². The van der Waals surface area contributed by atoms with Crippen LogP contribution in [0.3, 0.4) is 0 Å². The van der Waals surface area contributed by atoms with Crippen LogP contribution in [0, 0.1) is 0 Å². The number of hydrogen-bond donors (Lipinski definition) is 2. The standard InChI is InChI=1S/C23H20F3N7O/c1-2-33-14-19(13-30-33)31-22-28-11-17(12-29-22)16-5-3-15(4-6-16)9-21(34)32-20-10-18(7-8-27-20)23(24,25)26/h3-8,10-14H,2,9H2,1H3,(H,27,32,34)(H,28,29,31). The minimum absolute atomic E-state index is 0.0109. The minimum atomic E-state index is -4.51. The van der Waals surface area contributed by atoms with Gasteiger partial charge < -0.3 is 10.6 Å². The Morgan fingerprint density at radius 1 is 1.00 bits per heavy atom. The zero-order chi connectivity index (χ0) is 24.1. The molecule has 3 aromatic heterocycles. The Labute approximate surface area is 192 Å². The first-order valence-corrected chi connectivity index (χ1v) is 10.3. The summed E-state index contributed by atoms with van der Waals surface area (Å²) in [5.41, 5.74) is 2.26. The van der Waals surface area contributed by atoms with Crippen molar-refractivity contribution in [3.8, 4) is 11.1 Å². The van der Waals surface area contributed by atoms with Gasteiger partial charge in [0.25, 0.3) is 0 Å². The van der Waals surface area contributed by atoms with Crippen molar-refractivity contribution in [1.29, 1.82) is 0 Å². The van der Waals surface area contributed by atoms with Gasteiger partial charge in [-0.15, -0.1) is 0 Å². The largest absolute Gasteiger partial charge is 0.416 e. The molecule has 34 heavy (non-hydrogen) atoms. The van der Waals surface area contributed by atoms with Crippen LogP contribution in [0.4, 0.5) is 30.6 Å². The van der Waals surface area contributed by atoms with Crippen LogP contribution < -0.4 is 10.6 Å². The van der Waals surface area contributed by atoms with Crippen molar-refractivity contribution in [3.63, 3.8) is 0 Å². The predicted octanol–water partition coefficient (Wildman–Crippen LogP) is 4.70. The maximum absolute atomic E-state index is 12.8. The summed E-state index contributed by atoms with van der Waals surface area (Å²) in [6.07, 6.45) is 3.40. The number of benzene rings is 1. The highest BCUT2D eigenvalue weighted by molar-refractivity contribution is 5.91. The van der Waals surface area contributed by atoms with Crippen LogP contribution in [0.5, 0.6) is 0 Å². The Kier molecular flexibility index (Phi) is 6.53. The number of halogens is 3. The van der Waals surface area contributed by atoms with E-state index >= 15 is 0 Å². The average molecular weight is 467 g/mol. The molecule has 0 spiro atoms. The molecule has 1 aromatic carbocycles. The number of nitrogens with one attached hydrogen (secondary N) is 2. The number of hydrogen-bond acceptors (Lipinski definition) is 6. The van der Waals surface area contributed by atoms with Gasteiger partial charge in [0.05, 0.1) is 23.9 Å². The molecule has 0 bridgehead atoms. The molecule has 3 heterocycles. The monoisotopic (exact) mass is 467 g/mol. The normalized spacial score (nSPS) is 11.3. The van der Waals surface area contributed by atoms with Crippen LogP contribution in [-0.2, 0) is 23.9 Å². The molecule has 0 radical (unpaired) electrons. The molecule has 0 saturated heterocycles. The molecule has 0 aliphatic carbocycles. The SMILES string of the molecule is CCn1cc(Nc2ncc(-c3ccc(CC(=O)Nc4cc(C(F)(F)F)ccn4)cc3)cn2)cn1. The Morgan fingerprint density at radius 2 is 1.74 bits per heavy atom. The fourth-order valence-corrected chi connectivity index (χ4v) is 3.13. The van der Waals surface area contributed by atoms with Gasteiger partial charge in [-0.3, -0.25) is 9.48 Å². The Morgan fingerprint density at radius 3 is 2.38 bits per heavy atom. The zero-order valence-corrected chi connectivity index (χ0v) is 18.0. The molecular weight excluding hydrogens is 447 g/mol. The van der Waals surface area contributed by atoms with E-state index in [9.17, 15) is 18.0 Å². The van der Waals surface area contributed by atoms with Crippen molar-refractivity contribution >= 4 is 23.4 Å². The van der Waals surface area contributed by atoms with Crippen LogP contribution in [0.2, 0.25) is 0 Å². The van der Waals surface area contributed by atoms with Crippen LogP contribution >= 0.6 is 0 Å². The summed E-state index contributed by atoms with van der Waals surface area (Å²) in [5, 5.41) is 9.66. The number of carbonyl (C=O) groups excluding carboxylic acids is 1. The van der Waals surface area contributed by atoms with Crippen molar-refractivity contribution in [3.05, 3.63) is 78.5 Å². The number of pyridine rings is 1. The summed E-state index contributed by atoms with van der Waals surface area (Å²) < 4.78 is 40.2. The number of rotatable bonds is 7. The number of anilines is 3. The zero-order valence-electron chi connectivity index (χ0n) is 18.0. The first kappa shape index (κ1) is 22.9. The molecule has 174 valence electrons. The molecule has 0 saturated carbocycles. The summed E-state index contributed by atoms with van der Waals surface area (Å²) in [5.74, 6) is -0.176. The third-order valence-corrected chi connectivity index (χ3v) is 4.87. The Hall–Kier alpha value is -4.28. The molecular formula is C23H20F3N7O. The van der Waals surface area contributed by atoms with E-state index in [4.69, 9.17) is 0 Å². The third-order valence-electron chi connectivity index (χ3n) is 4.87. The molecule has 0 atom stereocenters. The van der Waals surface area contributed by atoms with Crippen molar-refractivity contribution in [1.82, 2.24) is 24.7 Å². The van der Waals surface area contributed by atoms with Crippen molar-refractivity contribution in [2.75, 3.05) is 10.6 Å². The highest BCUT2D eigenvalue weighted by Gasteiger charge is 2.30. The second-order valence-corrected chi connectivity index (χ2v) is 7.35. The van der Waals surface area contributed by atoms with E-state index in [1.165, 1.54) is 0 Å². The molecule has 8 nitrogen and oxygen atoms in total. The quantitative estimate of drug-likeness (QED) is 0.409. The van der Waals surface area contributed by atoms with E-state index in [1.54, 1.807) is 35.4 Å². The Bertz CT molecular complexity index is 1270. The fraction of sp³-hybridized carbons (Fsp3) is 0.174. The molecule has 0 fully saturated rings. The van der Waals surface area contributed by atoms with Gasteiger partial charge in [-0.1, -0.05) is 24.3 Å². The number of aromatic nitrogens is 5. The smallest absolute Gasteiger partial charge is 0.321 e. The molecule has 0 aliphatic heterocycles. The molecule has 11 heteroatoms. The first-order chi connectivity index (χ1) is 16.3. The topological polar surface area (TPSA) is 97.6 Å². The van der Waals surface area contributed by atoms with Gasteiger partial charge in [-0.05, 0) is 30.2 Å². The molecule has 2 N–H and O–H groups in total. The minimum Gasteiger partial charge on any atom is -0.321 e. The summed E-state index contributed by atoms with van der Waals surface area (Å²) in [4.78, 5) is 24.6. The third kappa shape index (κ3) is 5.74. The van der Waals surface area contributed by atoms with E-state index in [-0.39, 0.29) is 12.2 Å². The molecule has 0 aliphatic rings. The average Bonchev–Trinajstić information content (AvgIpc) is 3.27. The maximum atomic E-state index is 12.8. The lowest BCUT2D eigenvalue weighted by Gasteiger charge is -2.09. The van der Waals surface area contributed by atoms with Gasteiger partial charge in [0.15, 0.2) is 0 Å². The van der Waals surface area contributed by atoms with E-state index in [0.29, 0.717) is 11.5 Å². The van der Waals surface area contributed by atoms with E-state index in [2.05, 4.69) is 30.7 Å². The van der Waals surface area contributed by atoms with E-state index < -0.39 is 17.6 Å². The van der Waals surface area contributed by atoms with Gasteiger partial charge >= 0.3 is 6.18 Å². The van der Waals surface area contributed by atoms with Gasteiger partial charge in [0, 0.05) is 36.9 Å². The summed E-state index contributed by atoms with van der Waals surface area (Å²) in [6, 6.07) is 8.82. The summed E-state index contributed by atoms with van der Waals surface area (Å²) >= 11 is 0. The lowest BCUT2D eigenvalue weighted by Crippen LogP contribution is -2.16. The predicted molar refractivity (Wildman–Crippen MR) is 120 cm³/mol. The van der Waals surface area contributed by atoms with Gasteiger partial charge in [0.2, 0.25) is 11.9 Å².